The van der Waals surface area contributed by atoms with Gasteiger partial charge in [-0.05, 0) is 13.8 Å². The second kappa shape index (κ2) is 4.28. The number of carbonyl (C=O) groups is 1. The van der Waals surface area contributed by atoms with Gasteiger partial charge in [-0.15, -0.1) is 11.3 Å². The molecule has 1 rings (SSSR count). The van der Waals surface area contributed by atoms with Crippen LogP contribution in [0.2, 0.25) is 0 Å². The van der Waals surface area contributed by atoms with Crippen molar-refractivity contribution in [1.29, 1.82) is 0 Å². The fourth-order valence-electron chi connectivity index (χ4n) is 1.08. The number of thiophene rings is 1. The Labute approximate surface area is 81.7 Å². The number of carbonyl (C=O) groups excluding carboxylic acids is 1. The van der Waals surface area contributed by atoms with Crippen molar-refractivity contribution >= 4 is 17.2 Å². The van der Waals surface area contributed by atoms with Crippen molar-refractivity contribution in [2.45, 2.75) is 13.8 Å². The molecule has 1 aromatic heterocycles. The molecular formula is C9H13NO2S. The minimum Gasteiger partial charge on any atom is -0.487 e. The van der Waals surface area contributed by atoms with Gasteiger partial charge in [0.05, 0.1) is 12.7 Å². The number of rotatable bonds is 3. The highest BCUT2D eigenvalue weighted by Gasteiger charge is 2.13. The summed E-state index contributed by atoms with van der Waals surface area (Å²) in [4.78, 5) is 11.4. The summed E-state index contributed by atoms with van der Waals surface area (Å²) in [5, 5.41) is 5.38. The van der Waals surface area contributed by atoms with Crippen molar-refractivity contribution in [3.05, 3.63) is 16.5 Å². The van der Waals surface area contributed by atoms with E-state index < -0.39 is 0 Å². The Morgan fingerprint density at radius 1 is 1.69 bits per heavy atom. The molecule has 0 saturated carbocycles. The minimum atomic E-state index is -0.0282. The Morgan fingerprint density at radius 2 is 2.38 bits per heavy atom. The molecule has 0 radical (unpaired) electrons. The van der Waals surface area contributed by atoms with Crippen LogP contribution in [0, 0.1) is 6.92 Å². The van der Waals surface area contributed by atoms with Crippen molar-refractivity contribution in [3.63, 3.8) is 0 Å². The fraction of sp³-hybridized carbons (Fsp3) is 0.444. The molecule has 1 N–H and O–H groups in total. The van der Waals surface area contributed by atoms with Crippen LogP contribution in [0.1, 0.15) is 22.8 Å². The molecule has 3 nitrogen and oxygen atoms in total. The van der Waals surface area contributed by atoms with Gasteiger partial charge in [0, 0.05) is 17.5 Å². The molecule has 0 unspecified atom stereocenters. The Balaban J connectivity index is 2.89. The molecule has 4 heteroatoms. The van der Waals surface area contributed by atoms with Gasteiger partial charge in [0.25, 0.3) is 5.91 Å². The normalized spacial score (nSPS) is 9.77. The first-order valence-electron chi connectivity index (χ1n) is 4.11. The maximum absolute atomic E-state index is 11.4. The first kappa shape index (κ1) is 10.1. The average Bonchev–Trinajstić information content (AvgIpc) is 2.47. The molecule has 0 aliphatic heterocycles. The van der Waals surface area contributed by atoms with E-state index in [0.717, 1.165) is 10.6 Å². The zero-order chi connectivity index (χ0) is 9.84. The van der Waals surface area contributed by atoms with Crippen molar-refractivity contribution in [2.75, 3.05) is 13.7 Å². The van der Waals surface area contributed by atoms with Crippen LogP contribution < -0.4 is 10.1 Å². The van der Waals surface area contributed by atoms with Crippen molar-refractivity contribution < 1.29 is 9.53 Å². The summed E-state index contributed by atoms with van der Waals surface area (Å²) in [6.07, 6.45) is 0. The molecule has 0 bridgehead atoms. The monoisotopic (exact) mass is 199 g/mol. The van der Waals surface area contributed by atoms with E-state index in [9.17, 15) is 4.79 Å². The highest BCUT2D eigenvalue weighted by Crippen LogP contribution is 2.28. The summed E-state index contributed by atoms with van der Waals surface area (Å²) in [6, 6.07) is 0. The predicted molar refractivity (Wildman–Crippen MR) is 53.6 cm³/mol. The van der Waals surface area contributed by atoms with Crippen LogP contribution in [-0.2, 0) is 0 Å². The Hall–Kier alpha value is -1.03. The molecule has 0 saturated heterocycles. The smallest absolute Gasteiger partial charge is 0.252 e. The summed E-state index contributed by atoms with van der Waals surface area (Å²) >= 11 is 1.45. The van der Waals surface area contributed by atoms with Crippen LogP contribution in [0.15, 0.2) is 5.38 Å². The van der Waals surface area contributed by atoms with E-state index >= 15 is 0 Å². The largest absolute Gasteiger partial charge is 0.487 e. The molecule has 1 heterocycles. The number of hydrogen-bond donors (Lipinski definition) is 1. The zero-order valence-corrected chi connectivity index (χ0v) is 8.83. The van der Waals surface area contributed by atoms with Gasteiger partial charge in [-0.2, -0.15) is 0 Å². The first-order valence-corrected chi connectivity index (χ1v) is 4.99. The highest BCUT2D eigenvalue weighted by atomic mass is 32.1. The van der Waals surface area contributed by atoms with Gasteiger partial charge in [-0.3, -0.25) is 4.79 Å². The maximum atomic E-state index is 11.4. The number of methoxy groups -OCH3 is 1. The fourth-order valence-corrected chi connectivity index (χ4v) is 1.97. The molecule has 0 aliphatic rings. The Bertz CT molecular complexity index is 307. The lowest BCUT2D eigenvalue weighted by molar-refractivity contribution is 0.0955. The van der Waals surface area contributed by atoms with Crippen molar-refractivity contribution in [1.82, 2.24) is 5.32 Å². The zero-order valence-electron chi connectivity index (χ0n) is 8.01. The molecule has 0 aliphatic carbocycles. The SMILES string of the molecule is CCNC(=O)c1csc(OC)c1C. The summed E-state index contributed by atoms with van der Waals surface area (Å²) < 4.78 is 5.09. The third-order valence-corrected chi connectivity index (χ3v) is 2.80. The standard InChI is InChI=1S/C9H13NO2S/c1-4-10-8(11)7-5-13-9(12-3)6(7)2/h5H,4H2,1-3H3,(H,10,11). The second-order valence-electron chi connectivity index (χ2n) is 2.63. The van der Waals surface area contributed by atoms with Crippen LogP contribution in [0.5, 0.6) is 5.06 Å². The van der Waals surface area contributed by atoms with Gasteiger partial charge in [0.15, 0.2) is 5.06 Å². The van der Waals surface area contributed by atoms with Crippen LogP contribution in [0.3, 0.4) is 0 Å². The van der Waals surface area contributed by atoms with E-state index in [1.165, 1.54) is 11.3 Å². The number of nitrogens with one attached hydrogen (secondary N) is 1. The van der Waals surface area contributed by atoms with Gasteiger partial charge in [0.2, 0.25) is 0 Å². The molecule has 72 valence electrons. The second-order valence-corrected chi connectivity index (χ2v) is 3.47. The Kier molecular flexibility index (Phi) is 3.31. The molecule has 0 fully saturated rings. The van der Waals surface area contributed by atoms with Crippen LogP contribution in [0.4, 0.5) is 0 Å². The van der Waals surface area contributed by atoms with E-state index in [2.05, 4.69) is 5.32 Å². The molecule has 0 atom stereocenters. The highest BCUT2D eigenvalue weighted by molar-refractivity contribution is 7.12. The molecule has 0 spiro atoms. The average molecular weight is 199 g/mol. The van der Waals surface area contributed by atoms with Gasteiger partial charge >= 0.3 is 0 Å². The van der Waals surface area contributed by atoms with Crippen molar-refractivity contribution in [2.24, 2.45) is 0 Å². The number of ether oxygens (including phenoxy) is 1. The summed E-state index contributed by atoms with van der Waals surface area (Å²) in [5.41, 5.74) is 1.63. The van der Waals surface area contributed by atoms with E-state index in [-0.39, 0.29) is 5.91 Å². The lowest BCUT2D eigenvalue weighted by Gasteiger charge is -2.01. The third kappa shape index (κ3) is 2.01. The van der Waals surface area contributed by atoms with E-state index in [1.54, 1.807) is 7.11 Å². The predicted octanol–water partition coefficient (Wildman–Crippen LogP) is 1.81. The molecule has 1 amide bonds. The van der Waals surface area contributed by atoms with E-state index in [4.69, 9.17) is 4.74 Å². The molecule has 0 aromatic carbocycles. The van der Waals surface area contributed by atoms with Gasteiger partial charge < -0.3 is 10.1 Å². The van der Waals surface area contributed by atoms with Gasteiger partial charge in [0.1, 0.15) is 0 Å². The third-order valence-electron chi connectivity index (χ3n) is 1.76. The quantitative estimate of drug-likeness (QED) is 0.806. The summed E-state index contributed by atoms with van der Waals surface area (Å²) in [5.74, 6) is -0.0282. The van der Waals surface area contributed by atoms with Crippen LogP contribution >= 0.6 is 11.3 Å². The summed E-state index contributed by atoms with van der Waals surface area (Å²) in [7, 11) is 1.61. The topological polar surface area (TPSA) is 38.3 Å². The lowest BCUT2D eigenvalue weighted by Crippen LogP contribution is -2.22. The minimum absolute atomic E-state index is 0.0282. The molecule has 1 aromatic rings. The number of hydrogen-bond acceptors (Lipinski definition) is 3. The lowest BCUT2D eigenvalue weighted by atomic mass is 10.2. The summed E-state index contributed by atoms with van der Waals surface area (Å²) in [6.45, 7) is 4.44. The van der Waals surface area contributed by atoms with Gasteiger partial charge in [-0.25, -0.2) is 0 Å². The van der Waals surface area contributed by atoms with Gasteiger partial charge in [-0.1, -0.05) is 0 Å². The van der Waals surface area contributed by atoms with Crippen LogP contribution in [-0.4, -0.2) is 19.6 Å². The maximum Gasteiger partial charge on any atom is 0.252 e. The first-order chi connectivity index (χ1) is 6.20. The van der Waals surface area contributed by atoms with E-state index in [1.807, 2.05) is 19.2 Å². The van der Waals surface area contributed by atoms with E-state index in [0.29, 0.717) is 12.1 Å². The Morgan fingerprint density at radius 3 is 2.85 bits per heavy atom. The van der Waals surface area contributed by atoms with Crippen molar-refractivity contribution in [3.8, 4) is 5.06 Å². The molecule has 13 heavy (non-hydrogen) atoms. The van der Waals surface area contributed by atoms with Crippen LogP contribution in [0.25, 0.3) is 0 Å². The number of amides is 1. The molecular weight excluding hydrogens is 186 g/mol.